The normalized spacial score (nSPS) is 24.6. The molecule has 0 saturated carbocycles. The minimum Gasteiger partial charge on any atom is -0.463 e. The first kappa shape index (κ1) is 27.0. The second-order valence-corrected chi connectivity index (χ2v) is 7.09. The molecular weight excluding hydrogens is 430 g/mol. The van der Waals surface area contributed by atoms with Gasteiger partial charge in [0.2, 0.25) is 12.2 Å². The summed E-state index contributed by atoms with van der Waals surface area (Å²) in [5.41, 5.74) is 0. The van der Waals surface area contributed by atoms with E-state index in [1.165, 1.54) is 0 Å². The number of carbonyl (C=O) groups is 6. The Morgan fingerprint density at radius 3 is 1.84 bits per heavy atom. The number of amides is 1. The standard InChI is InChI=1S/C20H29NO11/c1-6-14(26)7-8-16(27)21-17-19(30-12(4)24)18(29-11(3)23)15(9-28-10(2)22)32-20(17)31-13(5)25/h15,17-20H,6-9H2,1-5H3,(H,21,27)/t15-,17+,18-,19-,20?/m1/s1. The summed E-state index contributed by atoms with van der Waals surface area (Å²) in [5.74, 6) is -3.69. The van der Waals surface area contributed by atoms with Crippen molar-refractivity contribution in [3.8, 4) is 0 Å². The largest absolute Gasteiger partial charge is 0.463 e. The Morgan fingerprint density at radius 1 is 0.781 bits per heavy atom. The molecule has 12 heteroatoms. The fourth-order valence-electron chi connectivity index (χ4n) is 3.01. The number of nitrogens with one attached hydrogen (secondary N) is 1. The van der Waals surface area contributed by atoms with E-state index in [2.05, 4.69) is 5.32 Å². The average molecular weight is 459 g/mol. The van der Waals surface area contributed by atoms with Crippen molar-refractivity contribution in [3.05, 3.63) is 0 Å². The zero-order valence-corrected chi connectivity index (χ0v) is 18.7. The van der Waals surface area contributed by atoms with Gasteiger partial charge in [-0.1, -0.05) is 6.92 Å². The molecule has 0 aromatic heterocycles. The molecule has 1 saturated heterocycles. The lowest BCUT2D eigenvalue weighted by atomic mass is 9.95. The number of esters is 4. The second-order valence-electron chi connectivity index (χ2n) is 7.09. The van der Waals surface area contributed by atoms with Gasteiger partial charge in [-0.15, -0.1) is 0 Å². The van der Waals surface area contributed by atoms with Crippen LogP contribution in [0, 0.1) is 0 Å². The number of hydrogen-bond acceptors (Lipinski definition) is 11. The number of Topliss-reactive ketones (excluding diaryl/α,β-unsaturated/α-hetero) is 1. The molecule has 1 aliphatic heterocycles. The van der Waals surface area contributed by atoms with Crippen LogP contribution in [-0.2, 0) is 52.5 Å². The monoisotopic (exact) mass is 459 g/mol. The van der Waals surface area contributed by atoms with Crippen LogP contribution in [0.5, 0.6) is 0 Å². The molecule has 1 amide bonds. The molecule has 1 rings (SSSR count). The van der Waals surface area contributed by atoms with Crippen molar-refractivity contribution < 1.29 is 52.5 Å². The van der Waals surface area contributed by atoms with Crippen molar-refractivity contribution >= 4 is 35.6 Å². The third kappa shape index (κ3) is 9.00. The van der Waals surface area contributed by atoms with Gasteiger partial charge in [0.05, 0.1) is 0 Å². The topological polar surface area (TPSA) is 161 Å². The molecule has 5 atom stereocenters. The van der Waals surface area contributed by atoms with Gasteiger partial charge in [-0.3, -0.25) is 28.8 Å². The summed E-state index contributed by atoms with van der Waals surface area (Å²) >= 11 is 0. The Hall–Kier alpha value is -3.02. The maximum atomic E-state index is 12.4. The predicted molar refractivity (Wildman–Crippen MR) is 105 cm³/mol. The predicted octanol–water partition coefficient (Wildman–Crippen LogP) is -0.0550. The van der Waals surface area contributed by atoms with E-state index >= 15 is 0 Å². The summed E-state index contributed by atoms with van der Waals surface area (Å²) in [6.07, 6.45) is -5.21. The molecule has 1 unspecified atom stereocenters. The third-order valence-corrected chi connectivity index (χ3v) is 4.34. The Balaban J connectivity index is 3.26. The Labute approximate surface area is 185 Å². The van der Waals surface area contributed by atoms with Crippen molar-refractivity contribution in [2.75, 3.05) is 6.61 Å². The number of ketones is 1. The van der Waals surface area contributed by atoms with Crippen LogP contribution < -0.4 is 5.32 Å². The molecule has 32 heavy (non-hydrogen) atoms. The van der Waals surface area contributed by atoms with Crippen LogP contribution in [0.15, 0.2) is 0 Å². The number of rotatable bonds is 10. The summed E-state index contributed by atoms with van der Waals surface area (Å²) in [7, 11) is 0. The Kier molecular flexibility index (Phi) is 10.8. The van der Waals surface area contributed by atoms with E-state index in [-0.39, 0.29) is 25.0 Å². The molecule has 1 fully saturated rings. The van der Waals surface area contributed by atoms with E-state index in [9.17, 15) is 28.8 Å². The van der Waals surface area contributed by atoms with Gasteiger partial charge < -0.3 is 29.0 Å². The van der Waals surface area contributed by atoms with Crippen LogP contribution in [0.1, 0.15) is 53.9 Å². The second kappa shape index (κ2) is 12.7. The zero-order valence-electron chi connectivity index (χ0n) is 18.7. The highest BCUT2D eigenvalue weighted by Gasteiger charge is 2.52. The minimum atomic E-state index is -1.46. The summed E-state index contributed by atoms with van der Waals surface area (Å²) in [6.45, 7) is 5.71. The van der Waals surface area contributed by atoms with Crippen LogP contribution in [0.4, 0.5) is 0 Å². The molecule has 0 aromatic rings. The van der Waals surface area contributed by atoms with Crippen LogP contribution >= 0.6 is 0 Å². The van der Waals surface area contributed by atoms with Crippen LogP contribution in [0.2, 0.25) is 0 Å². The number of ether oxygens (including phenoxy) is 5. The van der Waals surface area contributed by atoms with Crippen molar-refractivity contribution in [2.45, 2.75) is 84.5 Å². The van der Waals surface area contributed by atoms with Crippen molar-refractivity contribution in [1.29, 1.82) is 0 Å². The summed E-state index contributed by atoms with van der Waals surface area (Å²) in [6, 6.07) is -1.27. The van der Waals surface area contributed by atoms with Crippen molar-refractivity contribution in [3.63, 3.8) is 0 Å². The number of hydrogen-bond donors (Lipinski definition) is 1. The maximum absolute atomic E-state index is 12.4. The van der Waals surface area contributed by atoms with E-state index < -0.39 is 67.0 Å². The molecule has 0 aromatic carbocycles. The van der Waals surface area contributed by atoms with Crippen LogP contribution in [0.25, 0.3) is 0 Å². The average Bonchev–Trinajstić information content (AvgIpc) is 2.67. The van der Waals surface area contributed by atoms with Crippen molar-refractivity contribution in [1.82, 2.24) is 5.32 Å². The zero-order chi connectivity index (χ0) is 24.4. The molecule has 1 aliphatic rings. The van der Waals surface area contributed by atoms with Gasteiger partial charge >= 0.3 is 23.9 Å². The lowest BCUT2D eigenvalue weighted by Crippen LogP contribution is -2.67. The highest BCUT2D eigenvalue weighted by atomic mass is 16.7. The van der Waals surface area contributed by atoms with Gasteiger partial charge in [-0.05, 0) is 0 Å². The molecule has 1 heterocycles. The molecular formula is C20H29NO11. The van der Waals surface area contributed by atoms with E-state index in [4.69, 9.17) is 23.7 Å². The van der Waals surface area contributed by atoms with Crippen LogP contribution in [0.3, 0.4) is 0 Å². The summed E-state index contributed by atoms with van der Waals surface area (Å²) in [5, 5.41) is 2.53. The fraction of sp³-hybridized carbons (Fsp3) is 0.700. The Bertz CT molecular complexity index is 735. The van der Waals surface area contributed by atoms with Gasteiger partial charge in [-0.2, -0.15) is 0 Å². The fourth-order valence-corrected chi connectivity index (χ4v) is 3.01. The third-order valence-electron chi connectivity index (χ3n) is 4.34. The molecule has 12 nitrogen and oxygen atoms in total. The lowest BCUT2D eigenvalue weighted by molar-refractivity contribution is -0.271. The molecule has 180 valence electrons. The van der Waals surface area contributed by atoms with E-state index in [0.717, 1.165) is 27.7 Å². The quantitative estimate of drug-likeness (QED) is 0.344. The van der Waals surface area contributed by atoms with E-state index in [1.54, 1.807) is 6.92 Å². The summed E-state index contributed by atoms with van der Waals surface area (Å²) < 4.78 is 26.3. The highest BCUT2D eigenvalue weighted by Crippen LogP contribution is 2.28. The van der Waals surface area contributed by atoms with Crippen molar-refractivity contribution in [2.24, 2.45) is 0 Å². The van der Waals surface area contributed by atoms with E-state index in [1.807, 2.05) is 0 Å². The highest BCUT2D eigenvalue weighted by molar-refractivity contribution is 5.85. The first-order chi connectivity index (χ1) is 14.9. The Morgan fingerprint density at radius 2 is 1.34 bits per heavy atom. The number of carbonyl (C=O) groups excluding carboxylic acids is 6. The van der Waals surface area contributed by atoms with E-state index in [0.29, 0.717) is 0 Å². The molecule has 1 N–H and O–H groups in total. The van der Waals surface area contributed by atoms with Gasteiger partial charge in [-0.25, -0.2) is 0 Å². The SMILES string of the molecule is CCC(=O)CCC(=O)N[C@@H]1C(OC(C)=O)O[C@H](COC(C)=O)[C@@H](OC(C)=O)[C@@H]1OC(C)=O. The van der Waals surface area contributed by atoms with Gasteiger partial charge in [0.15, 0.2) is 12.2 Å². The first-order valence-electron chi connectivity index (χ1n) is 10.1. The molecule has 0 spiro atoms. The van der Waals surface area contributed by atoms with Gasteiger partial charge in [0, 0.05) is 47.0 Å². The molecule has 0 radical (unpaired) electrons. The van der Waals surface area contributed by atoms with Gasteiger partial charge in [0.25, 0.3) is 0 Å². The lowest BCUT2D eigenvalue weighted by Gasteiger charge is -2.44. The molecule has 0 aliphatic carbocycles. The van der Waals surface area contributed by atoms with Gasteiger partial charge in [0.1, 0.15) is 24.5 Å². The molecule has 0 bridgehead atoms. The maximum Gasteiger partial charge on any atom is 0.305 e. The minimum absolute atomic E-state index is 0.0190. The van der Waals surface area contributed by atoms with Crippen LogP contribution in [-0.4, -0.2) is 72.8 Å². The summed E-state index contributed by atoms with van der Waals surface area (Å²) in [4.78, 5) is 70.3. The first-order valence-corrected chi connectivity index (χ1v) is 10.1. The smallest absolute Gasteiger partial charge is 0.305 e.